The third-order valence-corrected chi connectivity index (χ3v) is 0. The molecule has 0 aliphatic rings. The van der Waals surface area contributed by atoms with Gasteiger partial charge in [-0.05, 0) is 0 Å². The summed E-state index contributed by atoms with van der Waals surface area (Å²) in [5.74, 6) is 0. The fourth-order valence-electron chi connectivity index (χ4n) is 0. The molecule has 0 radical (unpaired) electrons. The Kier molecular flexibility index (Phi) is 21.0. The van der Waals surface area contributed by atoms with Crippen LogP contribution >= 0.6 is 13.8 Å². The van der Waals surface area contributed by atoms with Crippen LogP contribution in [0, 0.1) is 0 Å². The first-order valence-corrected chi connectivity index (χ1v) is 9.86. The first-order valence-electron chi connectivity index (χ1n) is 0.632. The molecule has 0 aromatic heterocycles. The van der Waals surface area contributed by atoms with E-state index < -0.39 is 14.7 Å². The Labute approximate surface area is 47.3 Å². The fourth-order valence-corrected chi connectivity index (χ4v) is 0. The molecule has 4 heteroatoms. The van der Waals surface area contributed by atoms with Crippen molar-refractivity contribution in [3.05, 3.63) is 0 Å². The van der Waals surface area contributed by atoms with E-state index in [0.29, 0.717) is 0 Å². The van der Waals surface area contributed by atoms with Gasteiger partial charge in [0, 0.05) is 0 Å². The second-order valence-corrected chi connectivity index (χ2v) is 6.61. The quantitative estimate of drug-likeness (QED) is 0.344. The molecule has 4 heavy (non-hydrogen) atoms. The average Bonchev–Trinajstić information content (AvgIpc) is 0.918. The first kappa shape index (κ1) is 9.43. The molecule has 0 saturated carbocycles. The molecule has 0 atom stereocenters. The van der Waals surface area contributed by atoms with Gasteiger partial charge in [-0.25, -0.2) is 0 Å². The SMILES string of the molecule is [LiH].[P]#[Zn]#[P]. The second kappa shape index (κ2) is 8.91. The summed E-state index contributed by atoms with van der Waals surface area (Å²) in [5.41, 5.74) is 0. The van der Waals surface area contributed by atoms with Crippen LogP contribution in [0.3, 0.4) is 0 Å². The molecule has 0 aliphatic carbocycles. The molecule has 0 N–H and O–H groups in total. The van der Waals surface area contributed by atoms with E-state index in [9.17, 15) is 0 Å². The number of rotatable bonds is 0. The van der Waals surface area contributed by atoms with Crippen LogP contribution in [0.25, 0.3) is 0 Å². The van der Waals surface area contributed by atoms with Gasteiger partial charge in [0.05, 0.1) is 0 Å². The molecule has 14 valence electrons. The van der Waals surface area contributed by atoms with Crippen molar-refractivity contribution in [2.75, 3.05) is 0 Å². The van der Waals surface area contributed by atoms with E-state index in [-0.39, 0.29) is 18.9 Å². The molecule has 0 amide bonds. The van der Waals surface area contributed by atoms with E-state index in [0.717, 1.165) is 0 Å². The van der Waals surface area contributed by atoms with Crippen LogP contribution in [-0.2, 0) is 14.7 Å². The monoisotopic (exact) mass is 134 g/mol. The molecule has 0 aromatic rings. The average molecular weight is 135 g/mol. The van der Waals surface area contributed by atoms with Gasteiger partial charge in [-0.2, -0.15) is 0 Å². The van der Waals surface area contributed by atoms with Crippen molar-refractivity contribution in [3.8, 4) is 0 Å². The van der Waals surface area contributed by atoms with E-state index in [2.05, 4.69) is 13.8 Å². The van der Waals surface area contributed by atoms with E-state index in [1.165, 1.54) is 0 Å². The Morgan fingerprint density at radius 1 is 1.25 bits per heavy atom. The van der Waals surface area contributed by atoms with Crippen LogP contribution < -0.4 is 0 Å². The Morgan fingerprint density at radius 3 is 1.25 bits per heavy atom. The third kappa shape index (κ3) is 8.95. The van der Waals surface area contributed by atoms with Crippen molar-refractivity contribution in [1.29, 1.82) is 0 Å². The summed E-state index contributed by atoms with van der Waals surface area (Å²) in [6.07, 6.45) is 0. The topological polar surface area (TPSA) is 0 Å². The van der Waals surface area contributed by atoms with Crippen LogP contribution in [0.4, 0.5) is 0 Å². The van der Waals surface area contributed by atoms with Gasteiger partial charge >= 0.3 is 47.4 Å². The van der Waals surface area contributed by atoms with Gasteiger partial charge in [0.2, 0.25) is 0 Å². The summed E-state index contributed by atoms with van der Waals surface area (Å²) in [7, 11) is 0. The summed E-state index contributed by atoms with van der Waals surface area (Å²) < 4.78 is 0. The van der Waals surface area contributed by atoms with E-state index in [1.54, 1.807) is 0 Å². The Morgan fingerprint density at radius 2 is 1.25 bits per heavy atom. The fraction of sp³-hybridized carbons (Fsp3) is 0. The van der Waals surface area contributed by atoms with Gasteiger partial charge < -0.3 is 0 Å². The maximum absolute atomic E-state index is 3.84. The first-order chi connectivity index (χ1) is 1.41. The zero-order chi connectivity index (χ0) is 2.71. The molecule has 0 nitrogen and oxygen atoms in total. The van der Waals surface area contributed by atoms with Crippen molar-refractivity contribution in [2.45, 2.75) is 0 Å². The van der Waals surface area contributed by atoms with Gasteiger partial charge in [0.1, 0.15) is 0 Å². The molecule has 0 rings (SSSR count). The van der Waals surface area contributed by atoms with Crippen molar-refractivity contribution in [3.63, 3.8) is 0 Å². The number of hydrogen-bond acceptors (Lipinski definition) is 0. The molecular weight excluding hydrogens is 134 g/mol. The number of hydrogen-bond donors (Lipinski definition) is 0. The minimum atomic E-state index is -0.486. The van der Waals surface area contributed by atoms with Crippen molar-refractivity contribution >= 4 is 32.7 Å². The van der Waals surface area contributed by atoms with Crippen LogP contribution in [-0.4, -0.2) is 18.9 Å². The van der Waals surface area contributed by atoms with Crippen molar-refractivity contribution in [2.24, 2.45) is 0 Å². The predicted molar refractivity (Wildman–Crippen MR) is 21.0 cm³/mol. The zero-order valence-electron chi connectivity index (χ0n) is 1.60. The summed E-state index contributed by atoms with van der Waals surface area (Å²) in [5, 5.41) is 0. The van der Waals surface area contributed by atoms with E-state index in [1.807, 2.05) is 0 Å². The van der Waals surface area contributed by atoms with Gasteiger partial charge in [-0.3, -0.25) is 0 Å². The molecule has 0 aromatic carbocycles. The standard InChI is InChI=1S/Li.2P.Zn.H. The van der Waals surface area contributed by atoms with Crippen LogP contribution in [0.2, 0.25) is 0 Å². The molecule has 0 saturated heterocycles. The van der Waals surface area contributed by atoms with Crippen molar-refractivity contribution in [1.82, 2.24) is 0 Å². The zero-order valence-corrected chi connectivity index (χ0v) is 6.36. The maximum atomic E-state index is 3.84. The van der Waals surface area contributed by atoms with Gasteiger partial charge in [0.15, 0.2) is 0 Å². The molecule has 0 fully saturated rings. The molecule has 0 aliphatic heterocycles. The Hall–Kier alpha value is 2.08. The predicted octanol–water partition coefficient (Wildman–Crippen LogP) is 1.07. The minimum absolute atomic E-state index is 0. The second-order valence-electron chi connectivity index (χ2n) is 0.141. The summed E-state index contributed by atoms with van der Waals surface area (Å²) >= 11 is -0.486. The van der Waals surface area contributed by atoms with Gasteiger partial charge in [0.25, 0.3) is 0 Å². The third-order valence-electron chi connectivity index (χ3n) is 0. The molecule has 0 unspecified atom stereocenters. The van der Waals surface area contributed by atoms with Gasteiger partial charge in [-0.1, -0.05) is 0 Å². The van der Waals surface area contributed by atoms with Crippen molar-refractivity contribution < 1.29 is 14.7 Å². The Bertz CT molecular complexity index is 79.2. The van der Waals surface area contributed by atoms with E-state index in [4.69, 9.17) is 0 Å². The summed E-state index contributed by atoms with van der Waals surface area (Å²) in [6, 6.07) is 0. The summed E-state index contributed by atoms with van der Waals surface area (Å²) in [6.45, 7) is 7.68. The molecule has 0 bridgehead atoms. The van der Waals surface area contributed by atoms with Crippen LogP contribution in [0.15, 0.2) is 0 Å². The Balaban J connectivity index is 0. The van der Waals surface area contributed by atoms with Crippen LogP contribution in [0.5, 0.6) is 0 Å². The molecular formula is HLiP2Zn. The van der Waals surface area contributed by atoms with Gasteiger partial charge in [-0.15, -0.1) is 0 Å². The molecule has 0 spiro atoms. The van der Waals surface area contributed by atoms with E-state index >= 15 is 0 Å². The van der Waals surface area contributed by atoms with Crippen LogP contribution in [0.1, 0.15) is 0 Å². The molecule has 0 heterocycles. The summed E-state index contributed by atoms with van der Waals surface area (Å²) in [4.78, 5) is 0. The normalized spacial score (nSPS) is 4.50.